The molecular weight excluding hydrogens is 379 g/mol. The second kappa shape index (κ2) is 8.51. The van der Waals surface area contributed by atoms with Gasteiger partial charge in [0.1, 0.15) is 5.82 Å². The van der Waals surface area contributed by atoms with Crippen LogP contribution in [0.3, 0.4) is 0 Å². The number of anilines is 1. The fourth-order valence-electron chi connectivity index (χ4n) is 2.49. The first kappa shape index (κ1) is 20.2. The molecule has 0 aliphatic heterocycles. The number of nitrogens with zero attached hydrogens (tertiary/aromatic N) is 1. The monoisotopic (exact) mass is 398 g/mol. The van der Waals surface area contributed by atoms with Crippen LogP contribution in [0.1, 0.15) is 17.5 Å². The van der Waals surface area contributed by atoms with Crippen LogP contribution in [0.5, 0.6) is 0 Å². The van der Waals surface area contributed by atoms with Crippen LogP contribution in [-0.2, 0) is 21.4 Å². The molecule has 0 aliphatic carbocycles. The minimum atomic E-state index is -3.57. The molecule has 0 atom stereocenters. The lowest BCUT2D eigenvalue weighted by molar-refractivity contribution is -0.121. The number of benzene rings is 2. The third-order valence-electron chi connectivity index (χ3n) is 3.80. The summed E-state index contributed by atoms with van der Waals surface area (Å²) in [5, 5.41) is 3.10. The summed E-state index contributed by atoms with van der Waals surface area (Å²) in [6.45, 7) is 1.77. The molecule has 2 rings (SSSR count). The number of aryl methyl sites for hydroxylation is 1. The van der Waals surface area contributed by atoms with Crippen molar-refractivity contribution in [1.29, 1.82) is 0 Å². The molecule has 0 bridgehead atoms. The molecule has 0 saturated heterocycles. The van der Waals surface area contributed by atoms with Crippen molar-refractivity contribution in [2.75, 3.05) is 17.1 Å². The SMILES string of the molecule is Cc1cc(Cl)ccc1N(CCC(=O)NCc1ccccc1F)S(C)(=O)=O. The van der Waals surface area contributed by atoms with Crippen molar-refractivity contribution >= 4 is 33.2 Å². The van der Waals surface area contributed by atoms with Crippen molar-refractivity contribution in [2.45, 2.75) is 19.9 Å². The van der Waals surface area contributed by atoms with Gasteiger partial charge in [-0.05, 0) is 36.8 Å². The Morgan fingerprint density at radius 2 is 1.92 bits per heavy atom. The zero-order chi connectivity index (χ0) is 19.3. The normalized spacial score (nSPS) is 11.2. The molecule has 0 heterocycles. The standard InChI is InChI=1S/C18H20ClFN2O3S/c1-13-11-15(19)7-8-17(13)22(26(2,24)25)10-9-18(23)21-12-14-5-3-4-6-16(14)20/h3-8,11H,9-10,12H2,1-2H3,(H,21,23). The van der Waals surface area contributed by atoms with Crippen LogP contribution in [0.4, 0.5) is 10.1 Å². The van der Waals surface area contributed by atoms with E-state index in [9.17, 15) is 17.6 Å². The van der Waals surface area contributed by atoms with Crippen LogP contribution < -0.4 is 9.62 Å². The Hall–Kier alpha value is -2.12. The largest absolute Gasteiger partial charge is 0.352 e. The van der Waals surface area contributed by atoms with Gasteiger partial charge >= 0.3 is 0 Å². The molecule has 1 amide bonds. The van der Waals surface area contributed by atoms with Crippen LogP contribution in [-0.4, -0.2) is 27.1 Å². The number of halogens is 2. The van der Waals surface area contributed by atoms with Crippen molar-refractivity contribution in [3.8, 4) is 0 Å². The number of nitrogens with one attached hydrogen (secondary N) is 1. The Morgan fingerprint density at radius 3 is 2.54 bits per heavy atom. The van der Waals surface area contributed by atoms with E-state index in [0.29, 0.717) is 21.8 Å². The van der Waals surface area contributed by atoms with Gasteiger partial charge in [-0.1, -0.05) is 29.8 Å². The van der Waals surface area contributed by atoms with Gasteiger partial charge in [0.25, 0.3) is 0 Å². The third-order valence-corrected chi connectivity index (χ3v) is 5.22. The van der Waals surface area contributed by atoms with Crippen molar-refractivity contribution in [3.05, 3.63) is 64.4 Å². The van der Waals surface area contributed by atoms with Crippen molar-refractivity contribution in [1.82, 2.24) is 5.32 Å². The summed E-state index contributed by atoms with van der Waals surface area (Å²) in [4.78, 5) is 12.1. The Bertz CT molecular complexity index is 903. The minimum absolute atomic E-state index is 0.0234. The highest BCUT2D eigenvalue weighted by molar-refractivity contribution is 7.92. The Balaban J connectivity index is 2.03. The molecule has 1 N–H and O–H groups in total. The summed E-state index contributed by atoms with van der Waals surface area (Å²) < 4.78 is 39.0. The van der Waals surface area contributed by atoms with Gasteiger partial charge < -0.3 is 5.32 Å². The third kappa shape index (κ3) is 5.44. The molecule has 0 spiro atoms. The molecule has 5 nitrogen and oxygen atoms in total. The van der Waals surface area contributed by atoms with Gasteiger partial charge in [-0.3, -0.25) is 9.10 Å². The Kier molecular flexibility index (Phi) is 6.61. The molecule has 2 aromatic carbocycles. The number of hydrogen-bond donors (Lipinski definition) is 1. The molecule has 26 heavy (non-hydrogen) atoms. The quantitative estimate of drug-likeness (QED) is 0.778. The van der Waals surface area contributed by atoms with E-state index in [-0.39, 0.29) is 25.4 Å². The number of rotatable bonds is 7. The maximum absolute atomic E-state index is 13.6. The van der Waals surface area contributed by atoms with E-state index in [4.69, 9.17) is 11.6 Å². The Morgan fingerprint density at radius 1 is 1.23 bits per heavy atom. The molecule has 2 aromatic rings. The van der Waals surface area contributed by atoms with Gasteiger partial charge in [0.05, 0.1) is 11.9 Å². The molecule has 0 saturated carbocycles. The van der Waals surface area contributed by atoms with Crippen molar-refractivity contribution in [2.24, 2.45) is 0 Å². The van der Waals surface area contributed by atoms with E-state index in [1.54, 1.807) is 43.3 Å². The maximum Gasteiger partial charge on any atom is 0.232 e. The van der Waals surface area contributed by atoms with E-state index < -0.39 is 15.8 Å². The second-order valence-electron chi connectivity index (χ2n) is 5.88. The maximum atomic E-state index is 13.6. The smallest absolute Gasteiger partial charge is 0.232 e. The van der Waals surface area contributed by atoms with Gasteiger partial charge in [-0.15, -0.1) is 0 Å². The Labute approximate surface area is 157 Å². The van der Waals surface area contributed by atoms with Gasteiger partial charge in [-0.25, -0.2) is 12.8 Å². The van der Waals surface area contributed by atoms with E-state index in [0.717, 1.165) is 6.26 Å². The minimum Gasteiger partial charge on any atom is -0.352 e. The zero-order valence-electron chi connectivity index (χ0n) is 14.5. The lowest BCUT2D eigenvalue weighted by atomic mass is 10.2. The predicted octanol–water partition coefficient (Wildman–Crippen LogP) is 3.26. The summed E-state index contributed by atoms with van der Waals surface area (Å²) in [6, 6.07) is 11.0. The van der Waals surface area contributed by atoms with E-state index in [1.807, 2.05) is 0 Å². The molecule has 8 heteroatoms. The van der Waals surface area contributed by atoms with Crippen molar-refractivity contribution < 1.29 is 17.6 Å². The van der Waals surface area contributed by atoms with Crippen LogP contribution in [0.15, 0.2) is 42.5 Å². The summed E-state index contributed by atoms with van der Waals surface area (Å²) in [5.74, 6) is -0.768. The van der Waals surface area contributed by atoms with Gasteiger partial charge in [0.2, 0.25) is 15.9 Å². The summed E-state index contributed by atoms with van der Waals surface area (Å²) >= 11 is 5.91. The van der Waals surface area contributed by atoms with Crippen molar-refractivity contribution in [3.63, 3.8) is 0 Å². The highest BCUT2D eigenvalue weighted by Gasteiger charge is 2.20. The van der Waals surface area contributed by atoms with Crippen LogP contribution in [0.2, 0.25) is 5.02 Å². The topological polar surface area (TPSA) is 66.5 Å². The van der Waals surface area contributed by atoms with E-state index in [1.165, 1.54) is 10.4 Å². The number of carbonyl (C=O) groups is 1. The average Bonchev–Trinajstić information content (AvgIpc) is 2.55. The van der Waals surface area contributed by atoms with Gasteiger partial charge in [0.15, 0.2) is 0 Å². The average molecular weight is 399 g/mol. The number of amides is 1. The molecule has 140 valence electrons. The molecule has 0 unspecified atom stereocenters. The fourth-order valence-corrected chi connectivity index (χ4v) is 3.70. The first-order chi connectivity index (χ1) is 12.2. The molecule has 0 aromatic heterocycles. The molecular formula is C18H20ClFN2O3S. The van der Waals surface area contributed by atoms with E-state index >= 15 is 0 Å². The lowest BCUT2D eigenvalue weighted by Gasteiger charge is -2.24. The van der Waals surface area contributed by atoms with Gasteiger partial charge in [-0.2, -0.15) is 0 Å². The second-order valence-corrected chi connectivity index (χ2v) is 8.23. The summed E-state index contributed by atoms with van der Waals surface area (Å²) in [7, 11) is -3.57. The fraction of sp³-hybridized carbons (Fsp3) is 0.278. The molecule has 0 fully saturated rings. The summed E-state index contributed by atoms with van der Waals surface area (Å²) in [6.07, 6.45) is 1.03. The van der Waals surface area contributed by atoms with E-state index in [2.05, 4.69) is 5.32 Å². The highest BCUT2D eigenvalue weighted by Crippen LogP contribution is 2.25. The summed E-state index contributed by atoms with van der Waals surface area (Å²) in [5.41, 5.74) is 1.53. The molecule has 0 aliphatic rings. The number of hydrogen-bond acceptors (Lipinski definition) is 3. The first-order valence-electron chi connectivity index (χ1n) is 7.92. The number of carbonyl (C=O) groups excluding carboxylic acids is 1. The highest BCUT2D eigenvalue weighted by atomic mass is 35.5. The first-order valence-corrected chi connectivity index (χ1v) is 10.1. The zero-order valence-corrected chi connectivity index (χ0v) is 16.1. The van der Waals surface area contributed by atoms with Gasteiger partial charge in [0, 0.05) is 30.1 Å². The van der Waals surface area contributed by atoms with Crippen LogP contribution >= 0.6 is 11.6 Å². The van der Waals surface area contributed by atoms with Crippen LogP contribution in [0, 0.1) is 12.7 Å². The number of sulfonamides is 1. The van der Waals surface area contributed by atoms with Crippen LogP contribution in [0.25, 0.3) is 0 Å². The predicted molar refractivity (Wildman–Crippen MR) is 101 cm³/mol. The molecule has 0 radical (unpaired) electrons. The lowest BCUT2D eigenvalue weighted by Crippen LogP contribution is -2.35.